The lowest BCUT2D eigenvalue weighted by molar-refractivity contribution is -0.128. The van der Waals surface area contributed by atoms with Crippen molar-refractivity contribution in [2.45, 2.75) is 12.5 Å². The van der Waals surface area contributed by atoms with E-state index in [-0.39, 0.29) is 5.56 Å². The first-order chi connectivity index (χ1) is 11.6. The summed E-state index contributed by atoms with van der Waals surface area (Å²) in [5, 5.41) is 0.391. The minimum absolute atomic E-state index is 0.223. The number of hydrogen-bond donors (Lipinski definition) is 2. The molecule has 0 saturated carbocycles. The summed E-state index contributed by atoms with van der Waals surface area (Å²) in [6.45, 7) is 0. The highest BCUT2D eigenvalue weighted by molar-refractivity contribution is 6.31. The number of ether oxygens (including phenoxy) is 2. The fourth-order valence-electron chi connectivity index (χ4n) is 2.45. The van der Waals surface area contributed by atoms with Crippen LogP contribution in [0.2, 0.25) is 5.02 Å². The zero-order valence-electron chi connectivity index (χ0n) is 12.8. The van der Waals surface area contributed by atoms with E-state index in [9.17, 15) is 9.59 Å². The molecule has 2 aromatic rings. The van der Waals surface area contributed by atoms with Gasteiger partial charge in [0.15, 0.2) is 6.10 Å². The average molecular weight is 347 g/mol. The van der Waals surface area contributed by atoms with Crippen molar-refractivity contribution in [3.05, 3.63) is 58.6 Å². The number of rotatable bonds is 3. The molecule has 0 bridgehead atoms. The Morgan fingerprint density at radius 3 is 2.75 bits per heavy atom. The van der Waals surface area contributed by atoms with Crippen molar-refractivity contribution in [1.82, 2.24) is 10.9 Å². The second-order valence-corrected chi connectivity index (χ2v) is 5.64. The Labute approximate surface area is 143 Å². The van der Waals surface area contributed by atoms with Gasteiger partial charge < -0.3 is 9.47 Å². The molecule has 0 spiro atoms. The van der Waals surface area contributed by atoms with Gasteiger partial charge in [0, 0.05) is 11.4 Å². The van der Waals surface area contributed by atoms with Crippen molar-refractivity contribution < 1.29 is 19.1 Å². The van der Waals surface area contributed by atoms with Crippen LogP contribution in [0, 0.1) is 0 Å². The molecule has 2 aromatic carbocycles. The van der Waals surface area contributed by atoms with Crippen molar-refractivity contribution in [2.75, 3.05) is 7.11 Å². The van der Waals surface area contributed by atoms with Crippen molar-refractivity contribution in [3.63, 3.8) is 0 Å². The van der Waals surface area contributed by atoms with Crippen molar-refractivity contribution in [3.8, 4) is 11.5 Å². The largest absolute Gasteiger partial charge is 0.496 e. The zero-order chi connectivity index (χ0) is 17.1. The molecule has 0 unspecified atom stereocenters. The third kappa shape index (κ3) is 3.28. The van der Waals surface area contributed by atoms with Crippen LogP contribution in [0.1, 0.15) is 15.9 Å². The van der Waals surface area contributed by atoms with Gasteiger partial charge in [-0.15, -0.1) is 0 Å². The Balaban J connectivity index is 1.61. The molecule has 1 atom stereocenters. The minimum Gasteiger partial charge on any atom is -0.496 e. The quantitative estimate of drug-likeness (QED) is 0.835. The molecule has 0 saturated heterocycles. The van der Waals surface area contributed by atoms with Gasteiger partial charge in [0.2, 0.25) is 0 Å². The molecule has 7 heteroatoms. The summed E-state index contributed by atoms with van der Waals surface area (Å²) in [6.07, 6.45) is -0.220. The maximum Gasteiger partial charge on any atom is 0.279 e. The van der Waals surface area contributed by atoms with E-state index < -0.39 is 17.9 Å². The summed E-state index contributed by atoms with van der Waals surface area (Å²) in [6, 6.07) is 12.1. The van der Waals surface area contributed by atoms with Gasteiger partial charge >= 0.3 is 0 Å². The summed E-state index contributed by atoms with van der Waals surface area (Å²) >= 11 is 5.89. The van der Waals surface area contributed by atoms with E-state index in [2.05, 4.69) is 10.9 Å². The molecular weight excluding hydrogens is 332 g/mol. The summed E-state index contributed by atoms with van der Waals surface area (Å²) in [5.74, 6) is 0.0786. The Morgan fingerprint density at radius 2 is 2.00 bits per heavy atom. The second-order valence-electron chi connectivity index (χ2n) is 5.21. The lowest BCUT2D eigenvalue weighted by atomic mass is 10.1. The van der Waals surface area contributed by atoms with Crippen LogP contribution in [0.25, 0.3) is 0 Å². The molecular formula is C17H15ClN2O4. The summed E-state index contributed by atoms with van der Waals surface area (Å²) in [5.41, 5.74) is 5.90. The van der Waals surface area contributed by atoms with Crippen molar-refractivity contribution in [1.29, 1.82) is 0 Å². The first kappa shape index (κ1) is 16.1. The molecule has 2 amide bonds. The molecule has 6 nitrogen and oxygen atoms in total. The van der Waals surface area contributed by atoms with Crippen LogP contribution in [0.5, 0.6) is 11.5 Å². The highest BCUT2D eigenvalue weighted by Gasteiger charge is 2.29. The lowest BCUT2D eigenvalue weighted by Crippen LogP contribution is -2.47. The van der Waals surface area contributed by atoms with E-state index in [0.717, 1.165) is 5.56 Å². The number of amides is 2. The van der Waals surface area contributed by atoms with Crippen molar-refractivity contribution >= 4 is 23.4 Å². The van der Waals surface area contributed by atoms with Gasteiger partial charge in [-0.25, -0.2) is 0 Å². The minimum atomic E-state index is -0.677. The fraction of sp³-hybridized carbons (Fsp3) is 0.176. The van der Waals surface area contributed by atoms with Gasteiger partial charge in [-0.1, -0.05) is 29.8 Å². The van der Waals surface area contributed by atoms with Crippen LogP contribution in [0.15, 0.2) is 42.5 Å². The van der Waals surface area contributed by atoms with Gasteiger partial charge in [-0.05, 0) is 29.8 Å². The van der Waals surface area contributed by atoms with Crippen LogP contribution >= 0.6 is 11.6 Å². The third-order valence-corrected chi connectivity index (χ3v) is 3.88. The molecule has 0 aliphatic carbocycles. The van der Waals surface area contributed by atoms with Crippen LogP contribution < -0.4 is 20.3 Å². The maximum absolute atomic E-state index is 12.2. The lowest BCUT2D eigenvalue weighted by Gasteiger charge is -2.13. The predicted octanol–water partition coefficient (Wildman–Crippen LogP) is 2.11. The highest BCUT2D eigenvalue weighted by Crippen LogP contribution is 2.28. The van der Waals surface area contributed by atoms with Crippen molar-refractivity contribution in [2.24, 2.45) is 0 Å². The van der Waals surface area contributed by atoms with E-state index in [1.54, 1.807) is 18.2 Å². The fourth-order valence-corrected chi connectivity index (χ4v) is 2.62. The zero-order valence-corrected chi connectivity index (χ0v) is 13.6. The number of carbonyl (C=O) groups excluding carboxylic acids is 2. The topological polar surface area (TPSA) is 76.7 Å². The van der Waals surface area contributed by atoms with Gasteiger partial charge in [-0.3, -0.25) is 20.4 Å². The standard InChI is InChI=1S/C17H15ClN2O4/c1-23-14-7-6-11(18)9-12(14)16(21)19-20-17(22)15-8-10-4-2-3-5-13(10)24-15/h2-7,9,15H,8H2,1H3,(H,19,21)(H,20,22)/t15-/m1/s1. The first-order valence-electron chi connectivity index (χ1n) is 7.27. The maximum atomic E-state index is 12.2. The summed E-state index contributed by atoms with van der Waals surface area (Å²) < 4.78 is 10.7. The smallest absolute Gasteiger partial charge is 0.279 e. The molecule has 0 fully saturated rings. The predicted molar refractivity (Wildman–Crippen MR) is 88.2 cm³/mol. The average Bonchev–Trinajstić information content (AvgIpc) is 3.03. The number of nitrogens with one attached hydrogen (secondary N) is 2. The van der Waals surface area contributed by atoms with E-state index in [0.29, 0.717) is 22.9 Å². The van der Waals surface area contributed by atoms with Crippen LogP contribution in [-0.4, -0.2) is 25.0 Å². The van der Waals surface area contributed by atoms with E-state index in [1.165, 1.54) is 13.2 Å². The molecule has 1 aliphatic rings. The normalized spacial score (nSPS) is 15.2. The highest BCUT2D eigenvalue weighted by atomic mass is 35.5. The molecule has 1 heterocycles. The number of carbonyl (C=O) groups is 2. The SMILES string of the molecule is COc1ccc(Cl)cc1C(=O)NNC(=O)[C@H]1Cc2ccccc2O1. The molecule has 0 aromatic heterocycles. The number of methoxy groups -OCH3 is 1. The van der Waals surface area contributed by atoms with Crippen LogP contribution in [-0.2, 0) is 11.2 Å². The molecule has 124 valence electrons. The van der Waals surface area contributed by atoms with Gasteiger partial charge in [0.25, 0.3) is 11.8 Å². The Kier molecular flexibility index (Phi) is 4.57. The van der Waals surface area contributed by atoms with E-state index >= 15 is 0 Å². The number of fused-ring (bicyclic) bond motifs is 1. The number of hydrogen-bond acceptors (Lipinski definition) is 4. The first-order valence-corrected chi connectivity index (χ1v) is 7.64. The molecule has 1 aliphatic heterocycles. The molecule has 24 heavy (non-hydrogen) atoms. The van der Waals surface area contributed by atoms with E-state index in [1.807, 2.05) is 18.2 Å². The van der Waals surface area contributed by atoms with Gasteiger partial charge in [0.05, 0.1) is 12.7 Å². The Morgan fingerprint density at radius 1 is 1.21 bits per heavy atom. The summed E-state index contributed by atoms with van der Waals surface area (Å²) in [7, 11) is 1.45. The van der Waals surface area contributed by atoms with Crippen LogP contribution in [0.4, 0.5) is 0 Å². The molecule has 2 N–H and O–H groups in total. The third-order valence-electron chi connectivity index (χ3n) is 3.64. The number of hydrazine groups is 1. The second kappa shape index (κ2) is 6.80. The number of benzene rings is 2. The van der Waals surface area contributed by atoms with Gasteiger partial charge in [0.1, 0.15) is 11.5 Å². The summed E-state index contributed by atoms with van der Waals surface area (Å²) in [4.78, 5) is 24.4. The Bertz CT molecular complexity index is 769. The van der Waals surface area contributed by atoms with Gasteiger partial charge in [-0.2, -0.15) is 0 Å². The molecule has 0 radical (unpaired) electrons. The molecule has 3 rings (SSSR count). The monoisotopic (exact) mass is 346 g/mol. The number of para-hydroxylation sites is 1. The van der Waals surface area contributed by atoms with E-state index in [4.69, 9.17) is 21.1 Å². The van der Waals surface area contributed by atoms with Crippen LogP contribution in [0.3, 0.4) is 0 Å². The Hall–Kier alpha value is -2.73. The number of halogens is 1.